The predicted molar refractivity (Wildman–Crippen MR) is 164 cm³/mol. The number of anilines is 2. The highest BCUT2D eigenvalue weighted by Crippen LogP contribution is 2.54. The zero-order chi connectivity index (χ0) is 34.3. The van der Waals surface area contributed by atoms with E-state index in [-0.39, 0.29) is 42.0 Å². The van der Waals surface area contributed by atoms with Gasteiger partial charge in [0.2, 0.25) is 11.7 Å². The fraction of sp³-hybridized carbons (Fsp3) is 0.481. The van der Waals surface area contributed by atoms with Crippen LogP contribution in [0.25, 0.3) is 5.76 Å². The molecule has 1 saturated carbocycles. The fourth-order valence-electron chi connectivity index (χ4n) is 6.23. The molecule has 0 spiro atoms. The lowest BCUT2D eigenvalue weighted by atomic mass is 9.57. The Kier molecular flexibility index (Phi) is 10.4. The molecule has 0 saturated heterocycles. The number of likely N-dealkylation sites (N-methyl/N-ethyl adjacent to an activating group) is 1. The Labute approximate surface area is 266 Å². The van der Waals surface area contributed by atoms with Crippen LogP contribution >= 0.6 is 15.9 Å². The van der Waals surface area contributed by atoms with Gasteiger partial charge in [0.15, 0.2) is 11.4 Å². The summed E-state index contributed by atoms with van der Waals surface area (Å²) in [5, 5.41) is 48.6. The molecule has 2 unspecified atom stereocenters. The van der Waals surface area contributed by atoms with E-state index < -0.39 is 74.2 Å². The van der Waals surface area contributed by atoms with Crippen LogP contribution in [-0.4, -0.2) is 111 Å². The molecule has 4 atom stereocenters. The van der Waals surface area contributed by atoms with Crippen molar-refractivity contribution in [3.8, 4) is 5.75 Å². The van der Waals surface area contributed by atoms with Gasteiger partial charge in [-0.3, -0.25) is 33.2 Å². The number of Topliss-reactive ketones (excluding diaryl/α,β-unsaturated/α-hetero) is 2. The lowest BCUT2D eigenvalue weighted by Crippen LogP contribution is -2.65. The lowest BCUT2D eigenvalue weighted by molar-refractivity contribution is -0.153. The molecule has 1 aromatic rings. The number of carbonyl (C=O) groups excluding carboxylic acids is 4. The van der Waals surface area contributed by atoms with Gasteiger partial charge in [0, 0.05) is 43.0 Å². The number of halogens is 1. The first-order chi connectivity index (χ1) is 20.7. The highest BCUT2D eigenvalue weighted by atomic mass is 79.9. The number of aliphatic hydroxyl groups is 3. The summed E-state index contributed by atoms with van der Waals surface area (Å²) in [4.78, 5) is 55.0. The highest BCUT2D eigenvalue weighted by molar-refractivity contribution is 9.09. The van der Waals surface area contributed by atoms with E-state index >= 15 is 0 Å². The normalized spacial score (nSPS) is 24.3. The SMILES string of the molecule is CN(C)c1cc(NC(=O)CCCBr)c(O)c2c1CC1CC3[C@H](N(C)C)C(=O)C(C(N)=O)=C(O)[C@@]3(O)C(=O)C1=C2O.O=S(=O)(O)O. The Balaban J connectivity index is 0.00000102. The van der Waals surface area contributed by atoms with Crippen molar-refractivity contribution in [1.29, 1.82) is 0 Å². The zero-order valence-corrected chi connectivity index (χ0v) is 27.1. The highest BCUT2D eigenvalue weighted by Gasteiger charge is 2.64. The molecule has 2 amide bonds. The molecule has 3 aliphatic rings. The topological polar surface area (TPSA) is 268 Å². The number of amides is 2. The Morgan fingerprint density at radius 3 is 2.20 bits per heavy atom. The van der Waals surface area contributed by atoms with Crippen LogP contribution in [0.15, 0.2) is 23.0 Å². The number of alkyl halides is 1. The molecule has 0 aromatic heterocycles. The molecule has 248 valence electrons. The third-order valence-corrected chi connectivity index (χ3v) is 8.55. The Morgan fingerprint density at radius 1 is 1.13 bits per heavy atom. The summed E-state index contributed by atoms with van der Waals surface area (Å²) >= 11 is 3.27. The minimum absolute atomic E-state index is 0.00950. The average Bonchev–Trinajstić information content (AvgIpc) is 2.89. The number of fused-ring (bicyclic) bond motifs is 3. The minimum Gasteiger partial charge on any atom is -0.508 e. The van der Waals surface area contributed by atoms with Crippen LogP contribution in [0, 0.1) is 11.8 Å². The molecule has 0 bridgehead atoms. The number of aromatic hydroxyl groups is 1. The maximum Gasteiger partial charge on any atom is 0.394 e. The minimum atomic E-state index is -4.67. The van der Waals surface area contributed by atoms with Gasteiger partial charge in [-0.1, -0.05) is 15.9 Å². The number of nitrogens with zero attached hydrogens (tertiary/aromatic N) is 2. The number of aliphatic hydroxyl groups excluding tert-OH is 2. The second-order valence-electron chi connectivity index (χ2n) is 11.3. The first-order valence-electron chi connectivity index (χ1n) is 13.4. The molecule has 3 aliphatic carbocycles. The quantitative estimate of drug-likeness (QED) is 0.0825. The van der Waals surface area contributed by atoms with Crippen molar-refractivity contribution in [3.05, 3.63) is 34.1 Å². The van der Waals surface area contributed by atoms with Crippen molar-refractivity contribution in [2.24, 2.45) is 17.6 Å². The van der Waals surface area contributed by atoms with E-state index in [0.29, 0.717) is 23.0 Å². The predicted octanol–water partition coefficient (Wildman–Crippen LogP) is 0.491. The first-order valence-corrected chi connectivity index (χ1v) is 16.0. The molecule has 0 radical (unpaired) electrons. The number of nitrogens with two attached hydrogens (primary N) is 1. The van der Waals surface area contributed by atoms with Gasteiger partial charge in [-0.15, -0.1) is 0 Å². The van der Waals surface area contributed by atoms with E-state index in [1.807, 2.05) is 0 Å². The van der Waals surface area contributed by atoms with Gasteiger partial charge in [0.25, 0.3) is 5.91 Å². The molecule has 18 heteroatoms. The summed E-state index contributed by atoms with van der Waals surface area (Å²) in [6.07, 6.45) is 0.878. The van der Waals surface area contributed by atoms with Gasteiger partial charge in [0.1, 0.15) is 22.8 Å². The van der Waals surface area contributed by atoms with Gasteiger partial charge >= 0.3 is 10.4 Å². The number of phenols is 1. The zero-order valence-electron chi connectivity index (χ0n) is 24.7. The van der Waals surface area contributed by atoms with Crippen molar-refractivity contribution in [2.45, 2.75) is 37.3 Å². The Bertz CT molecular complexity index is 1610. The van der Waals surface area contributed by atoms with E-state index in [4.69, 9.17) is 23.3 Å². The van der Waals surface area contributed by atoms with E-state index in [1.54, 1.807) is 39.2 Å². The van der Waals surface area contributed by atoms with Crippen molar-refractivity contribution in [2.75, 3.05) is 43.7 Å². The number of hydrogen-bond donors (Lipinski definition) is 8. The monoisotopic (exact) mass is 718 g/mol. The maximum absolute atomic E-state index is 14.0. The Hall–Kier alpha value is -3.55. The Morgan fingerprint density at radius 2 is 1.71 bits per heavy atom. The fourth-order valence-corrected chi connectivity index (χ4v) is 6.51. The number of phenolic OH excluding ortho intramolecular Hbond substituents is 1. The molecule has 4 rings (SSSR count). The number of carbonyl (C=O) groups is 4. The largest absolute Gasteiger partial charge is 0.508 e. The van der Waals surface area contributed by atoms with Crippen LogP contribution in [0.1, 0.15) is 30.4 Å². The van der Waals surface area contributed by atoms with E-state index in [0.717, 1.165) is 0 Å². The smallest absolute Gasteiger partial charge is 0.394 e. The van der Waals surface area contributed by atoms with Crippen LogP contribution in [-0.2, 0) is 36.0 Å². The molecule has 0 aliphatic heterocycles. The molecule has 1 aromatic carbocycles. The molecule has 45 heavy (non-hydrogen) atoms. The van der Waals surface area contributed by atoms with Gasteiger partial charge in [-0.05, 0) is 50.9 Å². The van der Waals surface area contributed by atoms with E-state index in [1.165, 1.54) is 4.90 Å². The summed E-state index contributed by atoms with van der Waals surface area (Å²) in [7, 11) is 1.92. The molecular formula is C27H35BrN4O12S. The first kappa shape index (κ1) is 35.9. The number of benzene rings is 1. The van der Waals surface area contributed by atoms with Crippen molar-refractivity contribution >= 4 is 66.8 Å². The maximum atomic E-state index is 14.0. The van der Waals surface area contributed by atoms with Gasteiger partial charge in [-0.2, -0.15) is 8.42 Å². The third kappa shape index (κ3) is 6.70. The van der Waals surface area contributed by atoms with Crippen LogP contribution in [0.5, 0.6) is 5.75 Å². The van der Waals surface area contributed by atoms with Gasteiger partial charge in [0.05, 0.1) is 17.3 Å². The molecule has 1 fully saturated rings. The summed E-state index contributed by atoms with van der Waals surface area (Å²) < 4.78 is 31.6. The van der Waals surface area contributed by atoms with E-state index in [9.17, 15) is 39.6 Å². The van der Waals surface area contributed by atoms with E-state index in [2.05, 4.69) is 21.2 Å². The van der Waals surface area contributed by atoms with Crippen molar-refractivity contribution in [1.82, 2.24) is 4.90 Å². The van der Waals surface area contributed by atoms with Gasteiger partial charge < -0.3 is 36.4 Å². The number of ketones is 2. The van der Waals surface area contributed by atoms with Crippen LogP contribution < -0.4 is 16.0 Å². The lowest BCUT2D eigenvalue weighted by Gasteiger charge is -2.50. The molecular weight excluding hydrogens is 684 g/mol. The summed E-state index contributed by atoms with van der Waals surface area (Å²) in [5.74, 6) is -7.62. The van der Waals surface area contributed by atoms with Crippen molar-refractivity contribution in [3.63, 3.8) is 0 Å². The number of primary amides is 1. The molecule has 16 nitrogen and oxygen atoms in total. The molecule has 0 heterocycles. The number of nitrogens with one attached hydrogen (secondary N) is 1. The summed E-state index contributed by atoms with van der Waals surface area (Å²) in [5.41, 5.74) is 2.54. The third-order valence-electron chi connectivity index (χ3n) is 7.99. The second kappa shape index (κ2) is 13.1. The standard InChI is InChI=1S/C27H33BrN4O8.H2O4S/c1-31(2)15-10-14(30-16(33)6-5-7-28)21(34)18-12(15)8-11-9-13-20(32(3)4)23(36)19(26(29)39)25(38)27(13,40)24(37)17(11)22(18)35;1-5(2,3)4/h10-11,13,20,34-35,38,40H,5-9H2,1-4H3,(H2,29,39)(H,30,33);(H2,1,2,3,4)/t11?,13?,20-,27-;/m0./s1. The number of rotatable bonds is 7. The second-order valence-corrected chi connectivity index (χ2v) is 13.0. The number of hydrogen-bond acceptors (Lipinski definition) is 12. The van der Waals surface area contributed by atoms with Crippen molar-refractivity contribution < 1.29 is 57.1 Å². The van der Waals surface area contributed by atoms with Crippen LogP contribution in [0.2, 0.25) is 0 Å². The summed E-state index contributed by atoms with van der Waals surface area (Å²) in [6, 6.07) is 0.427. The van der Waals surface area contributed by atoms with Gasteiger partial charge in [-0.25, -0.2) is 0 Å². The molecule has 9 N–H and O–H groups in total. The average molecular weight is 720 g/mol. The summed E-state index contributed by atoms with van der Waals surface area (Å²) in [6.45, 7) is 0. The van der Waals surface area contributed by atoms with Crippen LogP contribution in [0.4, 0.5) is 11.4 Å². The van der Waals surface area contributed by atoms with Crippen LogP contribution in [0.3, 0.4) is 0 Å².